The monoisotopic (exact) mass is 408 g/mol. The molecule has 1 aromatic carbocycles. The van der Waals surface area contributed by atoms with Gasteiger partial charge in [0.15, 0.2) is 5.78 Å². The molecule has 1 saturated carbocycles. The van der Waals surface area contributed by atoms with E-state index in [1.165, 1.54) is 0 Å². The predicted molar refractivity (Wildman–Crippen MR) is 115 cm³/mol. The van der Waals surface area contributed by atoms with Crippen LogP contribution in [0.5, 0.6) is 0 Å². The second kappa shape index (κ2) is 6.69. The highest BCUT2D eigenvalue weighted by Gasteiger charge is 2.50. The number of allylic oxidation sites excluding steroid dienone is 2. The largest absolute Gasteiger partial charge is 0.299 e. The molecule has 6 heteroatoms. The maximum Gasteiger partial charge on any atom is 0.272 e. The normalized spacial score (nSPS) is 27.3. The van der Waals surface area contributed by atoms with E-state index in [4.69, 9.17) is 4.99 Å². The molecular weight excluding hydrogens is 380 g/mol. The number of Topliss-reactive ketones (excluding diaryl/α,β-unsaturated/α-hetero) is 2. The number of benzene rings is 1. The molecule has 0 amide bonds. The number of nitro groups is 1. The SMILES string of the molecule is Cc1ccc(C2C3=C(CC(C)(C)CC3=O)N=C3CC(C)(C)CC(=O)C32)cc1[N+](=O)[O-]. The molecule has 1 aromatic rings. The number of fused-ring (bicyclic) bond motifs is 1. The fraction of sp³-hybridized carbons (Fsp3) is 0.542. The number of aliphatic imine (C=N–C) groups is 1. The third-order valence-corrected chi connectivity index (χ3v) is 6.63. The van der Waals surface area contributed by atoms with Crippen molar-refractivity contribution < 1.29 is 14.5 Å². The van der Waals surface area contributed by atoms with Gasteiger partial charge in [0, 0.05) is 47.4 Å². The molecule has 3 aliphatic rings. The average molecular weight is 408 g/mol. The summed E-state index contributed by atoms with van der Waals surface area (Å²) in [7, 11) is 0. The van der Waals surface area contributed by atoms with Crippen LogP contribution in [0, 0.1) is 33.8 Å². The Bertz CT molecular complexity index is 1050. The molecule has 0 N–H and O–H groups in total. The fourth-order valence-corrected chi connectivity index (χ4v) is 5.39. The van der Waals surface area contributed by atoms with Crippen molar-refractivity contribution in [3.05, 3.63) is 50.7 Å². The van der Waals surface area contributed by atoms with Crippen LogP contribution in [0.25, 0.3) is 0 Å². The zero-order chi connectivity index (χ0) is 22.0. The number of carbonyl (C=O) groups is 2. The number of ketones is 2. The van der Waals surface area contributed by atoms with E-state index >= 15 is 0 Å². The molecule has 1 fully saturated rings. The van der Waals surface area contributed by atoms with E-state index in [9.17, 15) is 19.7 Å². The van der Waals surface area contributed by atoms with E-state index in [1.807, 2.05) is 6.07 Å². The van der Waals surface area contributed by atoms with Crippen molar-refractivity contribution in [2.45, 2.75) is 66.2 Å². The van der Waals surface area contributed by atoms with Gasteiger partial charge in [-0.25, -0.2) is 0 Å². The van der Waals surface area contributed by atoms with Gasteiger partial charge in [0.1, 0.15) is 5.78 Å². The van der Waals surface area contributed by atoms with Gasteiger partial charge in [-0.15, -0.1) is 0 Å². The molecule has 0 aromatic heterocycles. The molecule has 0 saturated heterocycles. The van der Waals surface area contributed by atoms with Crippen molar-refractivity contribution in [2.75, 3.05) is 0 Å². The van der Waals surface area contributed by atoms with Crippen LogP contribution in [-0.4, -0.2) is 22.2 Å². The first-order chi connectivity index (χ1) is 13.9. The zero-order valence-electron chi connectivity index (χ0n) is 18.2. The number of aryl methyl sites for hydroxylation is 1. The van der Waals surface area contributed by atoms with Crippen molar-refractivity contribution in [1.82, 2.24) is 0 Å². The van der Waals surface area contributed by atoms with Crippen molar-refractivity contribution in [3.8, 4) is 0 Å². The first kappa shape index (κ1) is 20.6. The van der Waals surface area contributed by atoms with E-state index in [0.29, 0.717) is 42.4 Å². The number of nitrogens with zero attached hydrogens (tertiary/aromatic N) is 2. The molecule has 2 atom stereocenters. The quantitative estimate of drug-likeness (QED) is 0.503. The van der Waals surface area contributed by atoms with E-state index in [2.05, 4.69) is 27.7 Å². The van der Waals surface area contributed by atoms with Gasteiger partial charge in [-0.2, -0.15) is 0 Å². The Balaban J connectivity index is 1.93. The van der Waals surface area contributed by atoms with Gasteiger partial charge in [0.05, 0.1) is 10.8 Å². The molecule has 1 aliphatic heterocycles. The summed E-state index contributed by atoms with van der Waals surface area (Å²) in [6.07, 6.45) is 2.18. The van der Waals surface area contributed by atoms with Crippen LogP contribution in [0.3, 0.4) is 0 Å². The van der Waals surface area contributed by atoms with E-state index in [-0.39, 0.29) is 28.1 Å². The van der Waals surface area contributed by atoms with Gasteiger partial charge in [-0.05, 0) is 36.2 Å². The minimum Gasteiger partial charge on any atom is -0.299 e. The Kier molecular flexibility index (Phi) is 4.60. The van der Waals surface area contributed by atoms with E-state index < -0.39 is 16.8 Å². The number of rotatable bonds is 2. The molecule has 4 rings (SSSR count). The minimum absolute atomic E-state index is 0.00918. The van der Waals surface area contributed by atoms with Crippen molar-refractivity contribution >= 4 is 23.0 Å². The summed E-state index contributed by atoms with van der Waals surface area (Å²) in [5, 5.41) is 11.6. The smallest absolute Gasteiger partial charge is 0.272 e. The lowest BCUT2D eigenvalue weighted by molar-refractivity contribution is -0.385. The van der Waals surface area contributed by atoms with Gasteiger partial charge in [-0.1, -0.05) is 39.8 Å². The van der Waals surface area contributed by atoms with Crippen LogP contribution in [0.15, 0.2) is 34.5 Å². The minimum atomic E-state index is -0.510. The highest BCUT2D eigenvalue weighted by Crippen LogP contribution is 2.51. The Hall–Kier alpha value is -2.63. The van der Waals surface area contributed by atoms with Gasteiger partial charge in [-0.3, -0.25) is 24.7 Å². The Morgan fingerprint density at radius 2 is 1.67 bits per heavy atom. The summed E-state index contributed by atoms with van der Waals surface area (Å²) in [5.41, 5.74) is 3.07. The second-order valence-electron chi connectivity index (χ2n) is 10.6. The third kappa shape index (κ3) is 3.42. The molecule has 158 valence electrons. The fourth-order valence-electron chi connectivity index (χ4n) is 5.39. The predicted octanol–water partition coefficient (Wildman–Crippen LogP) is 5.09. The third-order valence-electron chi connectivity index (χ3n) is 6.63. The Morgan fingerprint density at radius 1 is 1.00 bits per heavy atom. The van der Waals surface area contributed by atoms with Crippen molar-refractivity contribution in [3.63, 3.8) is 0 Å². The second-order valence-corrected chi connectivity index (χ2v) is 10.6. The van der Waals surface area contributed by atoms with E-state index in [0.717, 1.165) is 11.4 Å². The maximum absolute atomic E-state index is 13.3. The zero-order valence-corrected chi connectivity index (χ0v) is 18.2. The number of hydrogen-bond donors (Lipinski definition) is 0. The summed E-state index contributed by atoms with van der Waals surface area (Å²) in [5.74, 6) is -0.916. The highest BCUT2D eigenvalue weighted by molar-refractivity contribution is 6.13. The molecule has 30 heavy (non-hydrogen) atoms. The lowest BCUT2D eigenvalue weighted by atomic mass is 9.60. The first-order valence-corrected chi connectivity index (χ1v) is 10.5. The Morgan fingerprint density at radius 3 is 2.33 bits per heavy atom. The summed E-state index contributed by atoms with van der Waals surface area (Å²) in [6, 6.07) is 5.10. The lowest BCUT2D eigenvalue weighted by Crippen LogP contribution is -2.45. The molecular formula is C24H28N2O4. The standard InChI is InChI=1S/C24H28N2O4/c1-13-6-7-14(8-17(13)26(29)30)20-21-15(9-23(2,3)11-18(21)27)25-16-10-24(4,5)12-19(28)22(16)20/h6-8,20-21H,9-12H2,1-5H3. The number of hydrogen-bond acceptors (Lipinski definition) is 5. The molecule has 0 bridgehead atoms. The highest BCUT2D eigenvalue weighted by atomic mass is 16.6. The van der Waals surface area contributed by atoms with Crippen LogP contribution in [0.4, 0.5) is 5.69 Å². The van der Waals surface area contributed by atoms with Crippen molar-refractivity contribution in [2.24, 2.45) is 21.7 Å². The molecule has 0 radical (unpaired) electrons. The van der Waals surface area contributed by atoms with Crippen LogP contribution in [0.1, 0.15) is 70.4 Å². The van der Waals surface area contributed by atoms with Gasteiger partial charge in [0.25, 0.3) is 5.69 Å². The van der Waals surface area contributed by atoms with Crippen molar-refractivity contribution in [1.29, 1.82) is 0 Å². The van der Waals surface area contributed by atoms with Gasteiger partial charge < -0.3 is 0 Å². The maximum atomic E-state index is 13.3. The molecule has 2 unspecified atom stereocenters. The molecule has 2 aliphatic carbocycles. The summed E-state index contributed by atoms with van der Waals surface area (Å²) in [4.78, 5) is 42.6. The summed E-state index contributed by atoms with van der Waals surface area (Å²) < 4.78 is 0. The molecule has 0 spiro atoms. The summed E-state index contributed by atoms with van der Waals surface area (Å²) in [6.45, 7) is 9.94. The van der Waals surface area contributed by atoms with E-state index in [1.54, 1.807) is 19.1 Å². The van der Waals surface area contributed by atoms with Crippen LogP contribution in [0.2, 0.25) is 0 Å². The van der Waals surface area contributed by atoms with Gasteiger partial charge >= 0.3 is 0 Å². The first-order valence-electron chi connectivity index (χ1n) is 10.5. The topological polar surface area (TPSA) is 89.6 Å². The molecule has 1 heterocycles. The lowest BCUT2D eigenvalue weighted by Gasteiger charge is -2.44. The number of nitro benzene ring substituents is 1. The van der Waals surface area contributed by atoms with Gasteiger partial charge in [0.2, 0.25) is 0 Å². The summed E-state index contributed by atoms with van der Waals surface area (Å²) >= 11 is 0. The van der Waals surface area contributed by atoms with Crippen LogP contribution in [-0.2, 0) is 9.59 Å². The average Bonchev–Trinajstić information content (AvgIpc) is 2.57. The van der Waals surface area contributed by atoms with Crippen LogP contribution < -0.4 is 0 Å². The molecule has 6 nitrogen and oxygen atoms in total. The Labute approximate surface area is 176 Å². The van der Waals surface area contributed by atoms with Crippen LogP contribution >= 0.6 is 0 Å². The number of carbonyl (C=O) groups excluding carboxylic acids is 2.